The predicted octanol–water partition coefficient (Wildman–Crippen LogP) is 0.722. The highest BCUT2D eigenvalue weighted by Crippen LogP contribution is 2.24. The number of aromatic amines is 1. The number of hydrogen-bond donors (Lipinski definition) is 3. The van der Waals surface area contributed by atoms with Gasteiger partial charge in [0.15, 0.2) is 0 Å². The van der Waals surface area contributed by atoms with Gasteiger partial charge in [0.25, 0.3) is 5.56 Å². The number of H-pyrrole nitrogens is 1. The van der Waals surface area contributed by atoms with Crippen LogP contribution in [0.15, 0.2) is 68.8 Å². The van der Waals surface area contributed by atoms with Crippen LogP contribution < -0.4 is 27.1 Å². The minimum absolute atomic E-state index is 0.0601. The normalized spacial score (nSPS) is 13.7. The van der Waals surface area contributed by atoms with Crippen LogP contribution in [-0.2, 0) is 4.79 Å². The number of nitrogens with zero attached hydrogens (tertiary/aromatic N) is 2. The van der Waals surface area contributed by atoms with Crippen LogP contribution in [0.4, 0.5) is 4.39 Å². The van der Waals surface area contributed by atoms with E-state index in [1.165, 1.54) is 31.2 Å². The molecule has 0 aliphatic carbocycles. The Kier molecular flexibility index (Phi) is 5.55. The van der Waals surface area contributed by atoms with Gasteiger partial charge in [0.05, 0.1) is 16.7 Å². The monoisotopic (exact) mass is 434 g/mol. The van der Waals surface area contributed by atoms with Gasteiger partial charge in [-0.05, 0) is 42.3 Å². The highest BCUT2D eigenvalue weighted by Gasteiger charge is 2.18. The highest BCUT2D eigenvalue weighted by molar-refractivity contribution is 5.77. The summed E-state index contributed by atoms with van der Waals surface area (Å²) in [6.07, 6.45) is 1.82. The molecule has 0 spiro atoms. The maximum Gasteiger partial charge on any atom is 0.335 e. The first kappa shape index (κ1) is 21.0. The van der Waals surface area contributed by atoms with Crippen LogP contribution in [0.25, 0.3) is 17.3 Å². The van der Waals surface area contributed by atoms with E-state index < -0.39 is 22.9 Å². The number of carbonyl (C=O) groups is 1. The number of carbonyl (C=O) groups excluding carboxylic acids is 1. The fraction of sp³-hybridized carbons (Fsp3) is 0.130. The lowest BCUT2D eigenvalue weighted by Gasteiger charge is -2.11. The Morgan fingerprint density at radius 1 is 1.22 bits per heavy atom. The van der Waals surface area contributed by atoms with Crippen molar-refractivity contribution in [3.63, 3.8) is 0 Å². The second-order valence-corrected chi connectivity index (χ2v) is 7.18. The summed E-state index contributed by atoms with van der Waals surface area (Å²) < 4.78 is 14.5. The van der Waals surface area contributed by atoms with Crippen molar-refractivity contribution in [3.8, 4) is 11.6 Å². The molecular weight excluding hydrogens is 415 g/mol. The molecule has 1 amide bonds. The number of aromatic hydroxyl groups is 1. The van der Waals surface area contributed by atoms with Crippen molar-refractivity contribution >= 4 is 17.6 Å². The standard InChI is InChI=1S/C23H19FN4O4/c1-13(29)25-10-9-17-16-7-2-3-8-19(16)26-20(17)12-18-21(30)27-23(32)28(22(18)31)15-6-4-5-14(24)11-15/h2-8,11-12,31H,9-10H2,1H3,(H,25,29)(H,27,30,32)/b20-12-. The first-order valence-corrected chi connectivity index (χ1v) is 9.83. The summed E-state index contributed by atoms with van der Waals surface area (Å²) in [6.45, 7) is 1.78. The summed E-state index contributed by atoms with van der Waals surface area (Å²) in [5.74, 6) is -1.41. The summed E-state index contributed by atoms with van der Waals surface area (Å²) in [4.78, 5) is 42.8. The molecule has 0 radical (unpaired) electrons. The first-order valence-electron chi connectivity index (χ1n) is 9.83. The van der Waals surface area contributed by atoms with Crippen molar-refractivity contribution in [1.82, 2.24) is 14.9 Å². The molecule has 0 saturated heterocycles. The number of benzene rings is 2. The third kappa shape index (κ3) is 4.00. The first-order chi connectivity index (χ1) is 15.3. The molecule has 8 nitrogen and oxygen atoms in total. The van der Waals surface area contributed by atoms with Crippen LogP contribution in [0.5, 0.6) is 5.88 Å². The number of fused-ring (bicyclic) bond motifs is 1. The molecule has 4 rings (SSSR count). The van der Waals surface area contributed by atoms with Gasteiger partial charge in [0.2, 0.25) is 11.8 Å². The van der Waals surface area contributed by atoms with Crippen LogP contribution in [0.1, 0.15) is 18.9 Å². The summed E-state index contributed by atoms with van der Waals surface area (Å²) >= 11 is 0. The molecule has 1 aromatic heterocycles. The van der Waals surface area contributed by atoms with Crippen molar-refractivity contribution in [2.75, 3.05) is 6.54 Å². The molecule has 162 valence electrons. The zero-order valence-corrected chi connectivity index (χ0v) is 17.1. The highest BCUT2D eigenvalue weighted by atomic mass is 19.1. The molecule has 9 heteroatoms. The maximum atomic E-state index is 13.7. The van der Waals surface area contributed by atoms with Gasteiger partial charge >= 0.3 is 5.69 Å². The lowest BCUT2D eigenvalue weighted by molar-refractivity contribution is -0.118. The number of halogens is 1. The van der Waals surface area contributed by atoms with Gasteiger partial charge in [-0.15, -0.1) is 0 Å². The van der Waals surface area contributed by atoms with E-state index in [1.807, 2.05) is 24.3 Å². The molecule has 32 heavy (non-hydrogen) atoms. The van der Waals surface area contributed by atoms with Gasteiger partial charge in [-0.25, -0.2) is 18.7 Å². The van der Waals surface area contributed by atoms with E-state index in [0.29, 0.717) is 24.0 Å². The van der Waals surface area contributed by atoms with Crippen molar-refractivity contribution in [1.29, 1.82) is 0 Å². The minimum Gasteiger partial charge on any atom is -0.494 e. The third-order valence-electron chi connectivity index (χ3n) is 5.00. The summed E-state index contributed by atoms with van der Waals surface area (Å²) in [5.41, 5.74) is -0.650. The van der Waals surface area contributed by atoms with Gasteiger partial charge in [-0.1, -0.05) is 24.3 Å². The average molecular weight is 434 g/mol. The number of rotatable bonds is 5. The molecule has 0 bridgehead atoms. The summed E-state index contributed by atoms with van der Waals surface area (Å²) in [6, 6.07) is 12.4. The van der Waals surface area contributed by atoms with Gasteiger partial charge in [0, 0.05) is 18.7 Å². The lowest BCUT2D eigenvalue weighted by atomic mass is 10.1. The van der Waals surface area contributed by atoms with E-state index in [0.717, 1.165) is 21.4 Å². The van der Waals surface area contributed by atoms with E-state index in [1.54, 1.807) is 0 Å². The fourth-order valence-corrected chi connectivity index (χ4v) is 3.57. The number of aromatic nitrogens is 2. The molecule has 0 fully saturated rings. The van der Waals surface area contributed by atoms with Gasteiger partial charge in [0.1, 0.15) is 11.4 Å². The van der Waals surface area contributed by atoms with Crippen molar-refractivity contribution in [3.05, 3.63) is 97.0 Å². The molecule has 1 aliphatic rings. The molecule has 0 unspecified atom stereocenters. The van der Waals surface area contributed by atoms with Crippen LogP contribution in [-0.4, -0.2) is 27.1 Å². The maximum absolute atomic E-state index is 13.7. The predicted molar refractivity (Wildman–Crippen MR) is 116 cm³/mol. The van der Waals surface area contributed by atoms with Crippen molar-refractivity contribution in [2.45, 2.75) is 13.3 Å². The summed E-state index contributed by atoms with van der Waals surface area (Å²) in [7, 11) is 0. The van der Waals surface area contributed by atoms with Crippen LogP contribution in [0.3, 0.4) is 0 Å². The quantitative estimate of drug-likeness (QED) is 0.549. The smallest absolute Gasteiger partial charge is 0.335 e. The summed E-state index contributed by atoms with van der Waals surface area (Å²) in [5, 5.41) is 15.0. The molecule has 3 N–H and O–H groups in total. The second kappa shape index (κ2) is 8.46. The van der Waals surface area contributed by atoms with E-state index in [2.05, 4.69) is 15.3 Å². The lowest BCUT2D eigenvalue weighted by Crippen LogP contribution is -2.30. The van der Waals surface area contributed by atoms with Crippen LogP contribution in [0.2, 0.25) is 0 Å². The molecule has 1 aliphatic heterocycles. The topological polar surface area (TPSA) is 117 Å². The Morgan fingerprint density at radius 3 is 2.75 bits per heavy atom. The van der Waals surface area contributed by atoms with Crippen molar-refractivity contribution in [2.24, 2.45) is 4.99 Å². The number of nitrogens with one attached hydrogen (secondary N) is 2. The minimum atomic E-state index is -0.901. The van der Waals surface area contributed by atoms with Gasteiger partial charge in [-0.3, -0.25) is 14.6 Å². The number of para-hydroxylation sites is 1. The van der Waals surface area contributed by atoms with E-state index in [9.17, 15) is 23.9 Å². The fourth-order valence-electron chi connectivity index (χ4n) is 3.57. The molecule has 2 heterocycles. The number of hydrogen-bond acceptors (Lipinski definition) is 5. The van der Waals surface area contributed by atoms with Crippen LogP contribution in [0, 0.1) is 5.82 Å². The Hall–Kier alpha value is -4.27. The average Bonchev–Trinajstić information content (AvgIpc) is 3.08. The zero-order chi connectivity index (χ0) is 22.8. The Balaban J connectivity index is 1.87. The largest absolute Gasteiger partial charge is 0.494 e. The van der Waals surface area contributed by atoms with E-state index in [-0.39, 0.29) is 17.2 Å². The molecule has 3 aromatic rings. The van der Waals surface area contributed by atoms with Crippen LogP contribution >= 0.6 is 0 Å². The Bertz CT molecular complexity index is 1500. The number of allylic oxidation sites excluding steroid dienone is 1. The molecule has 2 aromatic carbocycles. The van der Waals surface area contributed by atoms with E-state index >= 15 is 0 Å². The Labute approximate surface area is 180 Å². The molecule has 0 atom stereocenters. The SMILES string of the molecule is CC(=O)NCCC1=c2ccccc2=N/C1=C\c1c(O)n(-c2cccc(F)c2)c(=O)[nH]c1=O. The molecule has 0 saturated carbocycles. The third-order valence-corrected chi connectivity index (χ3v) is 5.00. The molecular formula is C23H19FN4O4. The Morgan fingerprint density at radius 2 is 2.00 bits per heavy atom. The van der Waals surface area contributed by atoms with E-state index in [4.69, 9.17) is 0 Å². The van der Waals surface area contributed by atoms with Gasteiger partial charge < -0.3 is 10.4 Å². The zero-order valence-electron chi connectivity index (χ0n) is 17.1. The number of amides is 1. The van der Waals surface area contributed by atoms with Gasteiger partial charge in [-0.2, -0.15) is 0 Å². The second-order valence-electron chi connectivity index (χ2n) is 7.18. The van der Waals surface area contributed by atoms with Crippen molar-refractivity contribution < 1.29 is 14.3 Å².